The highest BCUT2D eigenvalue weighted by atomic mass is 79.9. The van der Waals surface area contributed by atoms with Crippen molar-refractivity contribution >= 4 is 43.9 Å². The molecule has 1 fully saturated rings. The van der Waals surface area contributed by atoms with E-state index >= 15 is 0 Å². The maximum atomic E-state index is 10.4. The summed E-state index contributed by atoms with van der Waals surface area (Å²) in [6, 6.07) is 16.3. The van der Waals surface area contributed by atoms with Gasteiger partial charge in [0.25, 0.3) is 0 Å². The minimum absolute atomic E-state index is 0.144. The number of nitrogens with zero attached hydrogens (tertiary/aromatic N) is 1. The van der Waals surface area contributed by atoms with Gasteiger partial charge in [0.05, 0.1) is 16.1 Å². The molecule has 0 aromatic heterocycles. The van der Waals surface area contributed by atoms with Crippen molar-refractivity contribution in [1.29, 1.82) is 0 Å². The molecule has 2 amide bonds. The fraction of sp³-hybridized carbons (Fsp3) is 0.263. The standard InChI is InChI=1S/C15H15BrO.C4H4BrNO2/c1-2-13-10-12(8-9-15(13)16)11-17-14-6-4-3-5-7-14;5-6-3(7)1-2-4(6)8/h3-10H,2,11H2,1H3;1-2H2. The van der Waals surface area contributed by atoms with Gasteiger partial charge in [-0.25, -0.2) is 3.93 Å². The third-order valence-corrected chi connectivity index (χ3v) is 5.20. The summed E-state index contributed by atoms with van der Waals surface area (Å²) in [6.45, 7) is 2.77. The van der Waals surface area contributed by atoms with E-state index < -0.39 is 0 Å². The van der Waals surface area contributed by atoms with E-state index in [2.05, 4.69) is 57.2 Å². The molecule has 1 aliphatic heterocycles. The zero-order valence-electron chi connectivity index (χ0n) is 13.9. The summed E-state index contributed by atoms with van der Waals surface area (Å²) in [7, 11) is 0. The lowest BCUT2D eigenvalue weighted by Gasteiger charge is -2.08. The maximum Gasteiger partial charge on any atom is 0.239 e. The number of benzene rings is 2. The summed E-state index contributed by atoms with van der Waals surface area (Å²) >= 11 is 6.35. The van der Waals surface area contributed by atoms with E-state index in [1.165, 1.54) is 15.6 Å². The molecule has 2 aromatic rings. The fourth-order valence-electron chi connectivity index (χ4n) is 2.22. The van der Waals surface area contributed by atoms with E-state index in [0.29, 0.717) is 19.4 Å². The molecule has 4 nitrogen and oxygen atoms in total. The molecule has 0 N–H and O–H groups in total. The van der Waals surface area contributed by atoms with E-state index in [1.807, 2.05) is 30.3 Å². The molecule has 1 saturated heterocycles. The van der Waals surface area contributed by atoms with Crippen LogP contribution in [-0.4, -0.2) is 15.7 Å². The smallest absolute Gasteiger partial charge is 0.239 e. The molecule has 0 bridgehead atoms. The van der Waals surface area contributed by atoms with Crippen LogP contribution in [0, 0.1) is 0 Å². The van der Waals surface area contributed by atoms with Crippen LogP contribution in [0.2, 0.25) is 0 Å². The van der Waals surface area contributed by atoms with Crippen LogP contribution in [0.15, 0.2) is 53.0 Å². The van der Waals surface area contributed by atoms with Gasteiger partial charge in [-0.3, -0.25) is 9.59 Å². The maximum absolute atomic E-state index is 10.4. The summed E-state index contributed by atoms with van der Waals surface area (Å²) < 4.78 is 7.87. The van der Waals surface area contributed by atoms with Crippen LogP contribution in [0.4, 0.5) is 0 Å². The molecule has 0 aliphatic carbocycles. The number of hydrogen-bond acceptors (Lipinski definition) is 3. The Morgan fingerprint density at radius 2 is 1.68 bits per heavy atom. The van der Waals surface area contributed by atoms with E-state index in [0.717, 1.165) is 16.1 Å². The highest BCUT2D eigenvalue weighted by Crippen LogP contribution is 2.20. The Morgan fingerprint density at radius 1 is 1.04 bits per heavy atom. The Morgan fingerprint density at radius 3 is 2.20 bits per heavy atom. The van der Waals surface area contributed by atoms with Crippen molar-refractivity contribution in [3.8, 4) is 5.75 Å². The molecule has 0 radical (unpaired) electrons. The minimum atomic E-state index is -0.144. The molecule has 2 aromatic carbocycles. The van der Waals surface area contributed by atoms with Gasteiger partial charge in [0.15, 0.2) is 0 Å². The number of aryl methyl sites for hydroxylation is 1. The quantitative estimate of drug-likeness (QED) is 0.466. The first kappa shape index (κ1) is 19.7. The second-order valence-corrected chi connectivity index (χ2v) is 7.01. The van der Waals surface area contributed by atoms with Gasteiger partial charge in [0.2, 0.25) is 11.8 Å². The Bertz CT molecular complexity index is 719. The summed E-state index contributed by atoms with van der Waals surface area (Å²) in [5.74, 6) is 0.624. The number of carbonyl (C=O) groups is 2. The van der Waals surface area contributed by atoms with Gasteiger partial charge in [0.1, 0.15) is 12.4 Å². The summed E-state index contributed by atoms with van der Waals surface area (Å²) in [5.41, 5.74) is 2.52. The minimum Gasteiger partial charge on any atom is -0.489 e. The van der Waals surface area contributed by atoms with Crippen molar-refractivity contribution in [3.05, 3.63) is 64.1 Å². The summed E-state index contributed by atoms with van der Waals surface area (Å²) in [5, 5.41) is 0. The van der Waals surface area contributed by atoms with Crippen LogP contribution < -0.4 is 4.74 Å². The van der Waals surface area contributed by atoms with E-state index in [-0.39, 0.29) is 11.8 Å². The van der Waals surface area contributed by atoms with Crippen molar-refractivity contribution < 1.29 is 14.3 Å². The van der Waals surface area contributed by atoms with Crippen molar-refractivity contribution in [3.63, 3.8) is 0 Å². The van der Waals surface area contributed by atoms with Gasteiger partial charge < -0.3 is 4.74 Å². The van der Waals surface area contributed by atoms with Gasteiger partial charge >= 0.3 is 0 Å². The molecule has 0 atom stereocenters. The summed E-state index contributed by atoms with van der Waals surface area (Å²) in [4.78, 5) is 20.9. The average molecular weight is 469 g/mol. The average Bonchev–Trinajstić information content (AvgIpc) is 2.93. The van der Waals surface area contributed by atoms with Gasteiger partial charge in [-0.1, -0.05) is 53.2 Å². The van der Waals surface area contributed by atoms with Crippen molar-refractivity contribution in [2.24, 2.45) is 0 Å². The van der Waals surface area contributed by atoms with Crippen LogP contribution >= 0.6 is 32.1 Å². The van der Waals surface area contributed by atoms with Crippen LogP contribution in [0.1, 0.15) is 30.9 Å². The Labute approximate surface area is 164 Å². The molecule has 25 heavy (non-hydrogen) atoms. The van der Waals surface area contributed by atoms with Crippen LogP contribution in [0.3, 0.4) is 0 Å². The molecule has 0 spiro atoms. The molecule has 1 aliphatic rings. The molecular weight excluding hydrogens is 450 g/mol. The number of imide groups is 1. The molecule has 1 heterocycles. The third kappa shape index (κ3) is 5.97. The lowest BCUT2D eigenvalue weighted by Crippen LogP contribution is -2.16. The SMILES string of the molecule is CCc1cc(COc2ccccc2)ccc1Br.O=C1CCC(=O)N1Br. The molecule has 3 rings (SSSR count). The largest absolute Gasteiger partial charge is 0.489 e. The number of rotatable bonds is 4. The van der Waals surface area contributed by atoms with Gasteiger partial charge in [-0.05, 0) is 35.7 Å². The first-order chi connectivity index (χ1) is 12.0. The number of para-hydroxylation sites is 1. The molecule has 0 unspecified atom stereocenters. The van der Waals surface area contributed by atoms with Crippen molar-refractivity contribution in [2.75, 3.05) is 0 Å². The number of carbonyl (C=O) groups excluding carboxylic acids is 2. The molecule has 0 saturated carbocycles. The zero-order valence-corrected chi connectivity index (χ0v) is 17.0. The highest BCUT2D eigenvalue weighted by molar-refractivity contribution is 9.10. The van der Waals surface area contributed by atoms with Crippen LogP contribution in [0.25, 0.3) is 0 Å². The van der Waals surface area contributed by atoms with Gasteiger partial charge in [0, 0.05) is 17.3 Å². The second kappa shape index (κ2) is 9.73. The van der Waals surface area contributed by atoms with E-state index in [4.69, 9.17) is 4.74 Å². The first-order valence-corrected chi connectivity index (χ1v) is 9.48. The van der Waals surface area contributed by atoms with Crippen molar-refractivity contribution in [2.45, 2.75) is 32.8 Å². The summed E-state index contributed by atoms with van der Waals surface area (Å²) in [6.07, 6.45) is 1.73. The number of ether oxygens (including phenoxy) is 1. The first-order valence-electron chi connectivity index (χ1n) is 7.98. The zero-order chi connectivity index (χ0) is 18.2. The highest BCUT2D eigenvalue weighted by Gasteiger charge is 2.26. The Hall–Kier alpha value is -1.66. The monoisotopic (exact) mass is 467 g/mol. The van der Waals surface area contributed by atoms with Gasteiger partial charge in [-0.2, -0.15) is 0 Å². The Balaban J connectivity index is 0.000000236. The van der Waals surface area contributed by atoms with Crippen LogP contribution in [-0.2, 0) is 22.6 Å². The number of hydrogen-bond donors (Lipinski definition) is 0. The van der Waals surface area contributed by atoms with Crippen LogP contribution in [0.5, 0.6) is 5.75 Å². The van der Waals surface area contributed by atoms with Gasteiger partial charge in [-0.15, -0.1) is 0 Å². The number of halogens is 2. The third-order valence-electron chi connectivity index (χ3n) is 3.63. The predicted octanol–water partition coefficient (Wildman–Crippen LogP) is 5.04. The van der Waals surface area contributed by atoms with E-state index in [9.17, 15) is 9.59 Å². The predicted molar refractivity (Wildman–Crippen MR) is 104 cm³/mol. The molecule has 6 heteroatoms. The van der Waals surface area contributed by atoms with E-state index in [1.54, 1.807) is 0 Å². The lowest BCUT2D eigenvalue weighted by molar-refractivity contribution is -0.131. The van der Waals surface area contributed by atoms with Crippen molar-refractivity contribution in [1.82, 2.24) is 3.93 Å². The topological polar surface area (TPSA) is 46.6 Å². The normalized spacial score (nSPS) is 13.5. The lowest BCUT2D eigenvalue weighted by atomic mass is 10.1. The fourth-order valence-corrected chi connectivity index (χ4v) is 3.10. The molecular formula is C19H19Br2NO3. The number of amides is 2. The Kier molecular flexibility index (Phi) is 7.65. The second-order valence-electron chi connectivity index (χ2n) is 5.45. The molecule has 132 valence electrons.